The van der Waals surface area contributed by atoms with Crippen LogP contribution in [-0.2, 0) is 5.41 Å². The molecule has 0 aliphatic carbocycles. The minimum atomic E-state index is -0.0242. The first-order valence-corrected chi connectivity index (χ1v) is 5.97. The Labute approximate surface area is 88.4 Å². The number of rotatable bonds is 1. The molecule has 1 aromatic rings. The largest absolute Gasteiger partial charge is 0.506 e. The quantitative estimate of drug-likeness (QED) is 0.550. The summed E-state index contributed by atoms with van der Waals surface area (Å²) < 4.78 is 0. The molecular weight excluding hydrogens is 200 g/mol. The summed E-state index contributed by atoms with van der Waals surface area (Å²) in [5.41, 5.74) is 0.940. The number of benzene rings is 1. The predicted molar refractivity (Wildman–Crippen MR) is 61.6 cm³/mol. The van der Waals surface area contributed by atoms with Crippen LogP contribution in [0.15, 0.2) is 23.1 Å². The standard InChI is InChI=1S/C10H14OS2/c1-10(2,3)7-5-4-6-8(13-12)9(7)11/h4-6,11-12H,1-3H3. The van der Waals surface area contributed by atoms with Gasteiger partial charge in [0.15, 0.2) is 0 Å². The van der Waals surface area contributed by atoms with Gasteiger partial charge in [0.2, 0.25) is 0 Å². The number of phenols is 1. The molecule has 0 heterocycles. The van der Waals surface area contributed by atoms with Crippen molar-refractivity contribution in [3.63, 3.8) is 0 Å². The molecule has 72 valence electrons. The Morgan fingerprint density at radius 3 is 2.38 bits per heavy atom. The van der Waals surface area contributed by atoms with E-state index in [1.54, 1.807) is 0 Å². The number of para-hydroxylation sites is 1. The molecule has 0 unspecified atom stereocenters. The minimum absolute atomic E-state index is 0.0242. The highest BCUT2D eigenvalue weighted by molar-refractivity contribution is 8.68. The van der Waals surface area contributed by atoms with Crippen LogP contribution < -0.4 is 0 Å². The van der Waals surface area contributed by atoms with E-state index in [9.17, 15) is 5.11 Å². The van der Waals surface area contributed by atoms with E-state index < -0.39 is 0 Å². The van der Waals surface area contributed by atoms with Gasteiger partial charge in [-0.15, -0.1) is 11.7 Å². The third-order valence-corrected chi connectivity index (χ3v) is 3.02. The van der Waals surface area contributed by atoms with Gasteiger partial charge in [-0.2, -0.15) is 0 Å². The molecule has 0 bridgehead atoms. The van der Waals surface area contributed by atoms with Crippen LogP contribution in [0.2, 0.25) is 0 Å². The van der Waals surface area contributed by atoms with Crippen LogP contribution in [-0.4, -0.2) is 5.11 Å². The van der Waals surface area contributed by atoms with Crippen molar-refractivity contribution in [2.45, 2.75) is 31.1 Å². The number of phenolic OH excluding ortho intramolecular Hbond substituents is 1. The van der Waals surface area contributed by atoms with Gasteiger partial charge in [-0.1, -0.05) is 43.7 Å². The molecule has 0 aliphatic heterocycles. The SMILES string of the molecule is CC(C)(C)c1cccc(SS)c1O. The summed E-state index contributed by atoms with van der Waals surface area (Å²) in [7, 11) is 1.27. The van der Waals surface area contributed by atoms with Crippen LogP contribution in [0.25, 0.3) is 0 Å². The number of aromatic hydroxyl groups is 1. The second-order valence-corrected chi connectivity index (χ2v) is 5.16. The van der Waals surface area contributed by atoms with Gasteiger partial charge in [0.1, 0.15) is 5.75 Å². The first-order valence-electron chi connectivity index (χ1n) is 4.10. The topological polar surface area (TPSA) is 20.2 Å². The van der Waals surface area contributed by atoms with Crippen LogP contribution in [0.5, 0.6) is 5.75 Å². The van der Waals surface area contributed by atoms with Gasteiger partial charge in [-0.25, -0.2) is 0 Å². The molecule has 3 heteroatoms. The third-order valence-electron chi connectivity index (χ3n) is 1.91. The molecule has 0 aromatic heterocycles. The summed E-state index contributed by atoms with van der Waals surface area (Å²) in [6.45, 7) is 6.24. The molecule has 1 rings (SSSR count). The Hall–Kier alpha value is -0.280. The number of hydrogen-bond acceptors (Lipinski definition) is 3. The van der Waals surface area contributed by atoms with Crippen molar-refractivity contribution < 1.29 is 5.11 Å². The van der Waals surface area contributed by atoms with E-state index in [1.165, 1.54) is 10.8 Å². The molecule has 0 atom stereocenters. The Bertz CT molecular complexity index is 302. The molecule has 0 fully saturated rings. The van der Waals surface area contributed by atoms with Crippen molar-refractivity contribution in [2.24, 2.45) is 0 Å². The fraction of sp³-hybridized carbons (Fsp3) is 0.400. The van der Waals surface area contributed by atoms with Gasteiger partial charge in [0.25, 0.3) is 0 Å². The highest BCUT2D eigenvalue weighted by Crippen LogP contribution is 2.38. The summed E-state index contributed by atoms with van der Waals surface area (Å²) in [5, 5.41) is 9.85. The van der Waals surface area contributed by atoms with Crippen molar-refractivity contribution in [1.82, 2.24) is 0 Å². The van der Waals surface area contributed by atoms with Crippen molar-refractivity contribution in [2.75, 3.05) is 0 Å². The van der Waals surface area contributed by atoms with E-state index in [2.05, 4.69) is 32.4 Å². The predicted octanol–water partition coefficient (Wildman–Crippen LogP) is 3.63. The van der Waals surface area contributed by atoms with Crippen molar-refractivity contribution >= 4 is 22.5 Å². The maximum Gasteiger partial charge on any atom is 0.133 e. The molecule has 0 spiro atoms. The zero-order chi connectivity index (χ0) is 10.1. The number of hydrogen-bond donors (Lipinski definition) is 2. The monoisotopic (exact) mass is 214 g/mol. The Balaban J connectivity index is 3.24. The van der Waals surface area contributed by atoms with E-state index in [0.29, 0.717) is 5.75 Å². The lowest BCUT2D eigenvalue weighted by Gasteiger charge is -2.21. The van der Waals surface area contributed by atoms with E-state index in [4.69, 9.17) is 0 Å². The summed E-state index contributed by atoms with van der Waals surface area (Å²) >= 11 is 4.08. The molecule has 1 aromatic carbocycles. The molecule has 1 nitrogen and oxygen atoms in total. The zero-order valence-corrected chi connectivity index (χ0v) is 9.75. The van der Waals surface area contributed by atoms with Gasteiger partial charge in [-0.3, -0.25) is 0 Å². The molecule has 0 aliphatic rings. The maximum atomic E-state index is 9.85. The van der Waals surface area contributed by atoms with Crippen LogP contribution in [0.1, 0.15) is 26.3 Å². The van der Waals surface area contributed by atoms with E-state index in [0.717, 1.165) is 10.5 Å². The Morgan fingerprint density at radius 2 is 1.92 bits per heavy atom. The Kier molecular flexibility index (Phi) is 3.19. The lowest BCUT2D eigenvalue weighted by Crippen LogP contribution is -2.11. The zero-order valence-electron chi connectivity index (χ0n) is 8.03. The summed E-state index contributed by atoms with van der Waals surface area (Å²) in [4.78, 5) is 0.816. The maximum absolute atomic E-state index is 9.85. The molecule has 1 N–H and O–H groups in total. The fourth-order valence-corrected chi connectivity index (χ4v) is 1.98. The van der Waals surface area contributed by atoms with Gasteiger partial charge in [0.05, 0.1) is 4.90 Å². The highest BCUT2D eigenvalue weighted by atomic mass is 33.1. The smallest absolute Gasteiger partial charge is 0.133 e. The molecule has 0 radical (unpaired) electrons. The van der Waals surface area contributed by atoms with Crippen molar-refractivity contribution in [3.8, 4) is 5.75 Å². The van der Waals surface area contributed by atoms with Gasteiger partial charge in [-0.05, 0) is 11.5 Å². The second kappa shape index (κ2) is 3.84. The van der Waals surface area contributed by atoms with E-state index in [-0.39, 0.29) is 5.41 Å². The van der Waals surface area contributed by atoms with E-state index in [1.807, 2.05) is 18.2 Å². The normalized spacial score (nSPS) is 11.7. The van der Waals surface area contributed by atoms with Gasteiger partial charge in [0, 0.05) is 5.56 Å². The molecule has 0 saturated carbocycles. The van der Waals surface area contributed by atoms with Crippen LogP contribution in [0.4, 0.5) is 0 Å². The molecule has 0 amide bonds. The van der Waals surface area contributed by atoms with Crippen molar-refractivity contribution in [3.05, 3.63) is 23.8 Å². The lowest BCUT2D eigenvalue weighted by atomic mass is 9.86. The summed E-state index contributed by atoms with van der Waals surface area (Å²) in [6, 6.07) is 5.75. The molecule has 0 saturated heterocycles. The summed E-state index contributed by atoms with van der Waals surface area (Å²) in [5.74, 6) is 0.356. The number of thiol groups is 1. The first kappa shape index (κ1) is 10.8. The lowest BCUT2D eigenvalue weighted by molar-refractivity contribution is 0.435. The van der Waals surface area contributed by atoms with Crippen LogP contribution in [0, 0.1) is 0 Å². The highest BCUT2D eigenvalue weighted by Gasteiger charge is 2.19. The Morgan fingerprint density at radius 1 is 1.31 bits per heavy atom. The summed E-state index contributed by atoms with van der Waals surface area (Å²) in [6.07, 6.45) is 0. The van der Waals surface area contributed by atoms with Crippen LogP contribution in [0.3, 0.4) is 0 Å². The third kappa shape index (κ3) is 2.35. The van der Waals surface area contributed by atoms with Gasteiger partial charge < -0.3 is 5.11 Å². The van der Waals surface area contributed by atoms with Crippen LogP contribution >= 0.6 is 22.5 Å². The van der Waals surface area contributed by atoms with E-state index >= 15 is 0 Å². The first-order chi connectivity index (χ1) is 5.96. The van der Waals surface area contributed by atoms with Crippen molar-refractivity contribution in [1.29, 1.82) is 0 Å². The second-order valence-electron chi connectivity index (χ2n) is 3.99. The fourth-order valence-electron chi connectivity index (χ4n) is 1.20. The molecular formula is C10H14OS2. The minimum Gasteiger partial charge on any atom is -0.506 e. The average Bonchev–Trinajstić information content (AvgIpc) is 2.02. The van der Waals surface area contributed by atoms with Gasteiger partial charge >= 0.3 is 0 Å². The average molecular weight is 214 g/mol. The molecule has 13 heavy (non-hydrogen) atoms.